The Morgan fingerprint density at radius 3 is 2.29 bits per heavy atom. The molecule has 0 aromatic heterocycles. The van der Waals surface area contributed by atoms with Crippen LogP contribution in [0.3, 0.4) is 0 Å². The van der Waals surface area contributed by atoms with Crippen molar-refractivity contribution in [2.75, 3.05) is 0 Å². The lowest BCUT2D eigenvalue weighted by atomic mass is 10.1. The van der Waals surface area contributed by atoms with E-state index in [1.54, 1.807) is 0 Å². The summed E-state index contributed by atoms with van der Waals surface area (Å²) in [6.45, 7) is 4.47. The van der Waals surface area contributed by atoms with Gasteiger partial charge in [-0.25, -0.2) is 0 Å². The van der Waals surface area contributed by atoms with Crippen molar-refractivity contribution in [1.82, 2.24) is 0 Å². The summed E-state index contributed by atoms with van der Waals surface area (Å²) in [5.74, 6) is 0.841. The minimum absolute atomic E-state index is 0.841. The fourth-order valence-electron chi connectivity index (χ4n) is 0.396. The monoisotopic (exact) mass is 163 g/mol. The summed E-state index contributed by atoms with van der Waals surface area (Å²) in [7, 11) is 0. The van der Waals surface area contributed by atoms with Crippen LogP contribution in [0.1, 0.15) is 26.7 Å². The summed E-state index contributed by atoms with van der Waals surface area (Å²) in [5.41, 5.74) is 0. The highest BCUT2D eigenvalue weighted by molar-refractivity contribution is 9.10. The third-order valence-electron chi connectivity index (χ3n) is 0.853. The second-order valence-corrected chi connectivity index (χ2v) is 2.77. The molecule has 0 N–H and O–H groups in total. The van der Waals surface area contributed by atoms with Crippen LogP contribution in [0.25, 0.3) is 0 Å². The summed E-state index contributed by atoms with van der Waals surface area (Å²) >= 11 is 3.25. The molecule has 0 aliphatic rings. The molecule has 0 rings (SSSR count). The molecule has 0 nitrogen and oxygen atoms in total. The van der Waals surface area contributed by atoms with Crippen LogP contribution in [-0.4, -0.2) is 0 Å². The van der Waals surface area contributed by atoms with Gasteiger partial charge >= 0.3 is 0 Å². The first-order chi connectivity index (χ1) is 3.27. The van der Waals surface area contributed by atoms with Gasteiger partial charge in [0.25, 0.3) is 0 Å². The summed E-state index contributed by atoms with van der Waals surface area (Å²) in [4.78, 5) is 0. The third-order valence-corrected chi connectivity index (χ3v) is 1.31. The number of halogens is 1. The van der Waals surface area contributed by atoms with Crippen LogP contribution in [0.4, 0.5) is 0 Å². The topological polar surface area (TPSA) is 0 Å². The fraction of sp³-hybridized carbons (Fsp3) is 0.833. The van der Waals surface area contributed by atoms with Gasteiger partial charge in [0.05, 0.1) is 0 Å². The zero-order valence-electron chi connectivity index (χ0n) is 4.95. The first-order valence-corrected chi connectivity index (χ1v) is 3.61. The van der Waals surface area contributed by atoms with Crippen LogP contribution in [-0.2, 0) is 0 Å². The molecule has 0 unspecified atom stereocenters. The van der Waals surface area contributed by atoms with Gasteiger partial charge in [0.1, 0.15) is 0 Å². The van der Waals surface area contributed by atoms with Crippen molar-refractivity contribution in [3.05, 3.63) is 5.33 Å². The Bertz CT molecular complexity index is 33.2. The van der Waals surface area contributed by atoms with Crippen molar-refractivity contribution in [3.63, 3.8) is 0 Å². The number of hydrogen-bond donors (Lipinski definition) is 0. The number of hydrogen-bond acceptors (Lipinski definition) is 0. The molecule has 0 spiro atoms. The van der Waals surface area contributed by atoms with Gasteiger partial charge < -0.3 is 0 Å². The molecule has 0 aliphatic carbocycles. The van der Waals surface area contributed by atoms with Gasteiger partial charge in [-0.15, -0.1) is 0 Å². The smallest absolute Gasteiger partial charge is 0.0271 e. The Balaban J connectivity index is 2.68. The van der Waals surface area contributed by atoms with Crippen molar-refractivity contribution in [2.45, 2.75) is 26.7 Å². The average Bonchev–Trinajstić information content (AvgIpc) is 1.61. The van der Waals surface area contributed by atoms with Crippen molar-refractivity contribution >= 4 is 15.9 Å². The molecule has 0 bridgehead atoms. The number of rotatable bonds is 3. The maximum absolute atomic E-state index is 3.25. The van der Waals surface area contributed by atoms with Crippen LogP contribution < -0.4 is 0 Å². The molecular formula is C6H12Br. The second-order valence-electron chi connectivity index (χ2n) is 2.13. The third kappa shape index (κ3) is 6.48. The zero-order valence-corrected chi connectivity index (χ0v) is 6.53. The van der Waals surface area contributed by atoms with Gasteiger partial charge in [0.15, 0.2) is 0 Å². The van der Waals surface area contributed by atoms with Crippen molar-refractivity contribution in [3.8, 4) is 0 Å². The first-order valence-electron chi connectivity index (χ1n) is 2.69. The van der Waals surface area contributed by atoms with Gasteiger partial charge in [-0.2, -0.15) is 0 Å². The van der Waals surface area contributed by atoms with Crippen LogP contribution in [0.15, 0.2) is 0 Å². The minimum Gasteiger partial charge on any atom is -0.0879 e. The Labute approximate surface area is 54.4 Å². The summed E-state index contributed by atoms with van der Waals surface area (Å²) in [6, 6.07) is 0. The van der Waals surface area contributed by atoms with E-state index in [1.165, 1.54) is 12.8 Å². The van der Waals surface area contributed by atoms with Gasteiger partial charge in [-0.1, -0.05) is 29.8 Å². The first kappa shape index (κ1) is 7.48. The Morgan fingerprint density at radius 2 is 2.14 bits per heavy atom. The molecule has 0 aromatic carbocycles. The predicted molar refractivity (Wildman–Crippen MR) is 37.3 cm³/mol. The highest BCUT2D eigenvalue weighted by Gasteiger charge is 1.89. The van der Waals surface area contributed by atoms with Gasteiger partial charge in [-0.3, -0.25) is 0 Å². The molecule has 7 heavy (non-hydrogen) atoms. The Kier molecular flexibility index (Phi) is 4.95. The lowest BCUT2D eigenvalue weighted by Crippen LogP contribution is -1.83. The van der Waals surface area contributed by atoms with E-state index < -0.39 is 0 Å². The molecule has 1 radical (unpaired) electrons. The molecule has 0 atom stereocenters. The summed E-state index contributed by atoms with van der Waals surface area (Å²) in [5, 5.41) is 2.03. The van der Waals surface area contributed by atoms with Crippen molar-refractivity contribution < 1.29 is 0 Å². The normalized spacial score (nSPS) is 10.3. The standard InChI is InChI=1S/C6H12Br/c1-6(2)4-3-5-7/h5-6H,3-4H2,1-2H3. The van der Waals surface area contributed by atoms with Gasteiger partial charge in [0, 0.05) is 5.33 Å². The molecular weight excluding hydrogens is 152 g/mol. The van der Waals surface area contributed by atoms with Crippen molar-refractivity contribution in [2.24, 2.45) is 5.92 Å². The molecule has 0 saturated heterocycles. The maximum atomic E-state index is 3.25. The highest BCUT2D eigenvalue weighted by Crippen LogP contribution is 2.07. The van der Waals surface area contributed by atoms with Crippen LogP contribution >= 0.6 is 15.9 Å². The molecule has 0 fully saturated rings. The second kappa shape index (κ2) is 4.63. The van der Waals surface area contributed by atoms with E-state index >= 15 is 0 Å². The predicted octanol–water partition coefficient (Wildman–Crippen LogP) is 2.98. The van der Waals surface area contributed by atoms with E-state index in [0.717, 1.165) is 5.92 Å². The summed E-state index contributed by atoms with van der Waals surface area (Å²) in [6.07, 6.45) is 2.49. The van der Waals surface area contributed by atoms with Crippen LogP contribution in [0.2, 0.25) is 0 Å². The molecule has 0 aromatic rings. The van der Waals surface area contributed by atoms with E-state index in [0.29, 0.717) is 0 Å². The highest BCUT2D eigenvalue weighted by atomic mass is 79.9. The zero-order chi connectivity index (χ0) is 5.70. The van der Waals surface area contributed by atoms with E-state index in [9.17, 15) is 0 Å². The van der Waals surface area contributed by atoms with Gasteiger partial charge in [0.2, 0.25) is 0 Å². The lowest BCUT2D eigenvalue weighted by molar-refractivity contribution is 0.591. The minimum atomic E-state index is 0.841. The van der Waals surface area contributed by atoms with Gasteiger partial charge in [-0.05, 0) is 18.8 Å². The molecule has 0 aliphatic heterocycles. The van der Waals surface area contributed by atoms with Crippen LogP contribution in [0, 0.1) is 11.2 Å². The van der Waals surface area contributed by atoms with E-state index in [2.05, 4.69) is 29.8 Å². The maximum Gasteiger partial charge on any atom is 0.0271 e. The largest absolute Gasteiger partial charge is 0.0879 e. The Morgan fingerprint density at radius 1 is 1.57 bits per heavy atom. The van der Waals surface area contributed by atoms with E-state index in [-0.39, 0.29) is 0 Å². The molecule has 0 saturated carbocycles. The molecule has 0 heterocycles. The lowest BCUT2D eigenvalue weighted by Gasteiger charge is -1.98. The summed E-state index contributed by atoms with van der Waals surface area (Å²) < 4.78 is 0. The molecule has 0 amide bonds. The molecule has 43 valence electrons. The van der Waals surface area contributed by atoms with Crippen LogP contribution in [0.5, 0.6) is 0 Å². The van der Waals surface area contributed by atoms with E-state index in [1.807, 2.05) is 5.33 Å². The quantitative estimate of drug-likeness (QED) is 0.601. The molecule has 1 heteroatoms. The van der Waals surface area contributed by atoms with E-state index in [4.69, 9.17) is 0 Å². The average molecular weight is 164 g/mol. The Hall–Kier alpha value is 0.480. The SMILES string of the molecule is CC(C)CC[CH]Br. The fourth-order valence-corrected chi connectivity index (χ4v) is 0.661. The van der Waals surface area contributed by atoms with Crippen molar-refractivity contribution in [1.29, 1.82) is 0 Å².